The molecule has 2 heterocycles. The molecule has 0 radical (unpaired) electrons. The summed E-state index contributed by atoms with van der Waals surface area (Å²) < 4.78 is 0. The van der Waals surface area contributed by atoms with Gasteiger partial charge in [0.2, 0.25) is 17.8 Å². The van der Waals surface area contributed by atoms with E-state index in [0.29, 0.717) is 22.9 Å². The van der Waals surface area contributed by atoms with Gasteiger partial charge in [0.15, 0.2) is 0 Å². The molecule has 1 aliphatic heterocycles. The van der Waals surface area contributed by atoms with Gasteiger partial charge in [-0.3, -0.25) is 0 Å². The van der Waals surface area contributed by atoms with E-state index in [1.165, 1.54) is 5.56 Å². The van der Waals surface area contributed by atoms with E-state index in [0.717, 1.165) is 48.7 Å². The van der Waals surface area contributed by atoms with Crippen LogP contribution in [0.15, 0.2) is 47.6 Å². The molecular formula is C24H29Cl2N7. The second kappa shape index (κ2) is 11.3. The van der Waals surface area contributed by atoms with E-state index in [4.69, 9.17) is 16.6 Å². The van der Waals surface area contributed by atoms with Crippen LogP contribution in [-0.4, -0.2) is 34.3 Å². The van der Waals surface area contributed by atoms with Crippen molar-refractivity contribution in [3.8, 4) is 0 Å². The lowest BCUT2D eigenvalue weighted by Crippen LogP contribution is -2.34. The zero-order chi connectivity index (χ0) is 22.5. The van der Waals surface area contributed by atoms with E-state index in [1.54, 1.807) is 6.21 Å². The van der Waals surface area contributed by atoms with Gasteiger partial charge in [-0.2, -0.15) is 20.1 Å². The minimum absolute atomic E-state index is 0. The largest absolute Gasteiger partial charge is 0.341 e. The maximum absolute atomic E-state index is 6.21. The third kappa shape index (κ3) is 6.33. The molecule has 1 fully saturated rings. The molecule has 2 aromatic carbocycles. The van der Waals surface area contributed by atoms with Crippen molar-refractivity contribution in [2.24, 2.45) is 11.0 Å². The molecular weight excluding hydrogens is 457 g/mol. The van der Waals surface area contributed by atoms with Gasteiger partial charge in [0.05, 0.1) is 6.21 Å². The molecule has 0 spiro atoms. The SMILES string of the molecule is Cc1cccc(Nc2nc(N/N=C/c3ccccc3Cl)nc(N3CCC(C)CC3)n2)c1C.Cl. The second-order valence-corrected chi connectivity index (χ2v) is 8.62. The lowest BCUT2D eigenvalue weighted by atomic mass is 10.00. The highest BCUT2D eigenvalue weighted by atomic mass is 35.5. The maximum Gasteiger partial charge on any atom is 0.250 e. The number of aromatic nitrogens is 3. The van der Waals surface area contributed by atoms with Crippen molar-refractivity contribution >= 4 is 53.8 Å². The zero-order valence-electron chi connectivity index (χ0n) is 19.0. The lowest BCUT2D eigenvalue weighted by molar-refractivity contribution is 0.434. The second-order valence-electron chi connectivity index (χ2n) is 8.22. The summed E-state index contributed by atoms with van der Waals surface area (Å²) in [5.74, 6) is 2.23. The highest BCUT2D eigenvalue weighted by molar-refractivity contribution is 6.33. The molecule has 1 aliphatic rings. The molecule has 7 nitrogen and oxygen atoms in total. The number of nitrogens with zero attached hydrogens (tertiary/aromatic N) is 5. The van der Waals surface area contributed by atoms with Gasteiger partial charge in [-0.25, -0.2) is 5.43 Å². The van der Waals surface area contributed by atoms with Crippen molar-refractivity contribution in [2.75, 3.05) is 28.7 Å². The lowest BCUT2D eigenvalue weighted by Gasteiger charge is -2.30. The van der Waals surface area contributed by atoms with Crippen molar-refractivity contribution in [1.29, 1.82) is 0 Å². The summed E-state index contributed by atoms with van der Waals surface area (Å²) in [4.78, 5) is 16.1. The van der Waals surface area contributed by atoms with Crippen LogP contribution >= 0.6 is 24.0 Å². The van der Waals surface area contributed by atoms with Gasteiger partial charge in [0.1, 0.15) is 0 Å². The molecule has 0 atom stereocenters. The number of hydrazone groups is 1. The molecule has 1 aromatic heterocycles. The molecule has 0 bridgehead atoms. The van der Waals surface area contributed by atoms with Crippen LogP contribution in [0.1, 0.15) is 36.5 Å². The Kier molecular flexibility index (Phi) is 8.47. The molecule has 33 heavy (non-hydrogen) atoms. The van der Waals surface area contributed by atoms with Crippen molar-refractivity contribution in [3.63, 3.8) is 0 Å². The Morgan fingerprint density at radius 3 is 2.48 bits per heavy atom. The van der Waals surface area contributed by atoms with Gasteiger partial charge >= 0.3 is 0 Å². The number of piperidine rings is 1. The quantitative estimate of drug-likeness (QED) is 0.329. The number of nitrogens with one attached hydrogen (secondary N) is 2. The maximum atomic E-state index is 6.21. The zero-order valence-corrected chi connectivity index (χ0v) is 20.6. The summed E-state index contributed by atoms with van der Waals surface area (Å²) in [5.41, 5.74) is 7.09. The summed E-state index contributed by atoms with van der Waals surface area (Å²) >= 11 is 6.21. The fraction of sp³-hybridized carbons (Fsp3) is 0.333. The van der Waals surface area contributed by atoms with Gasteiger partial charge in [-0.05, 0) is 55.9 Å². The Morgan fingerprint density at radius 1 is 1.00 bits per heavy atom. The Bertz CT molecular complexity index is 1110. The van der Waals surface area contributed by atoms with E-state index in [9.17, 15) is 0 Å². The summed E-state index contributed by atoms with van der Waals surface area (Å²) in [5, 5.41) is 8.28. The first-order chi connectivity index (χ1) is 15.5. The minimum atomic E-state index is 0. The first-order valence-corrected chi connectivity index (χ1v) is 11.3. The van der Waals surface area contributed by atoms with Crippen molar-refractivity contribution in [3.05, 3.63) is 64.2 Å². The van der Waals surface area contributed by atoms with E-state index >= 15 is 0 Å². The molecule has 0 unspecified atom stereocenters. The summed E-state index contributed by atoms with van der Waals surface area (Å²) in [6.45, 7) is 8.31. The predicted octanol–water partition coefficient (Wildman–Crippen LogP) is 5.99. The average molecular weight is 486 g/mol. The van der Waals surface area contributed by atoms with Gasteiger partial charge < -0.3 is 10.2 Å². The fourth-order valence-corrected chi connectivity index (χ4v) is 3.75. The third-order valence-corrected chi connectivity index (χ3v) is 6.16. The highest BCUT2D eigenvalue weighted by Gasteiger charge is 2.20. The first kappa shape index (κ1) is 24.7. The van der Waals surface area contributed by atoms with E-state index in [2.05, 4.69) is 57.5 Å². The topological polar surface area (TPSA) is 78.3 Å². The minimum Gasteiger partial charge on any atom is -0.341 e. The molecule has 2 N–H and O–H groups in total. The molecule has 0 aliphatic carbocycles. The van der Waals surface area contributed by atoms with Crippen molar-refractivity contribution in [1.82, 2.24) is 15.0 Å². The van der Waals surface area contributed by atoms with Crippen LogP contribution in [0, 0.1) is 19.8 Å². The number of hydrogen-bond donors (Lipinski definition) is 2. The number of anilines is 4. The normalized spacial score (nSPS) is 14.2. The van der Waals surface area contributed by atoms with Crippen LogP contribution in [-0.2, 0) is 0 Å². The van der Waals surface area contributed by atoms with E-state index in [1.807, 2.05) is 36.4 Å². The summed E-state index contributed by atoms with van der Waals surface area (Å²) in [6.07, 6.45) is 3.91. The van der Waals surface area contributed by atoms with E-state index in [-0.39, 0.29) is 12.4 Å². The summed E-state index contributed by atoms with van der Waals surface area (Å²) in [7, 11) is 0. The van der Waals surface area contributed by atoms with Crippen LogP contribution in [0.5, 0.6) is 0 Å². The number of hydrogen-bond acceptors (Lipinski definition) is 7. The first-order valence-electron chi connectivity index (χ1n) is 10.9. The standard InChI is InChI=1S/C24H28ClN7.ClH/c1-16-11-13-32(14-12-16)24-29-22(27-21-10-6-7-17(2)18(21)3)28-23(30-24)31-26-15-19-8-4-5-9-20(19)25;/h4-10,15-16H,11-14H2,1-3H3,(H2,27,28,29,30,31);1H/b26-15+;. The number of aryl methyl sites for hydroxylation is 1. The van der Waals surface area contributed by atoms with Gasteiger partial charge in [-0.1, -0.05) is 48.9 Å². The Labute approximate surface area is 206 Å². The molecule has 174 valence electrons. The predicted molar refractivity (Wildman–Crippen MR) is 140 cm³/mol. The Morgan fingerprint density at radius 2 is 1.73 bits per heavy atom. The molecule has 3 aromatic rings. The number of halogens is 2. The van der Waals surface area contributed by atoms with Gasteiger partial charge in [0, 0.05) is 29.4 Å². The van der Waals surface area contributed by atoms with E-state index < -0.39 is 0 Å². The molecule has 0 amide bonds. The average Bonchev–Trinajstić information content (AvgIpc) is 2.79. The Balaban J connectivity index is 0.00000306. The van der Waals surface area contributed by atoms with Crippen molar-refractivity contribution in [2.45, 2.75) is 33.6 Å². The van der Waals surface area contributed by atoms with Crippen LogP contribution in [0.4, 0.5) is 23.5 Å². The van der Waals surface area contributed by atoms with Crippen LogP contribution in [0.25, 0.3) is 0 Å². The smallest absolute Gasteiger partial charge is 0.250 e. The number of rotatable bonds is 6. The van der Waals surface area contributed by atoms with Crippen LogP contribution in [0.3, 0.4) is 0 Å². The molecule has 0 saturated carbocycles. The van der Waals surface area contributed by atoms with Gasteiger partial charge in [-0.15, -0.1) is 12.4 Å². The molecule has 9 heteroatoms. The summed E-state index contributed by atoms with van der Waals surface area (Å²) in [6, 6.07) is 13.7. The monoisotopic (exact) mass is 485 g/mol. The highest BCUT2D eigenvalue weighted by Crippen LogP contribution is 2.25. The molecule has 1 saturated heterocycles. The number of benzene rings is 2. The van der Waals surface area contributed by atoms with Crippen LogP contribution < -0.4 is 15.6 Å². The van der Waals surface area contributed by atoms with Crippen molar-refractivity contribution < 1.29 is 0 Å². The van der Waals surface area contributed by atoms with Crippen LogP contribution in [0.2, 0.25) is 5.02 Å². The third-order valence-electron chi connectivity index (χ3n) is 5.81. The Hall–Kier alpha value is -2.90. The fourth-order valence-electron chi connectivity index (χ4n) is 3.57. The molecule has 4 rings (SSSR count). The van der Waals surface area contributed by atoms with Gasteiger partial charge in [0.25, 0.3) is 0 Å².